The fraction of sp³-hybridized carbons (Fsp3) is 0.444. The van der Waals surface area contributed by atoms with Crippen molar-refractivity contribution in [2.45, 2.75) is 25.2 Å². The first-order valence-corrected chi connectivity index (χ1v) is 7.55. The molecule has 1 aromatic rings. The van der Waals surface area contributed by atoms with Crippen molar-refractivity contribution in [3.05, 3.63) is 22.4 Å². The minimum absolute atomic E-state index is 0.350. The van der Waals surface area contributed by atoms with Crippen LogP contribution in [-0.2, 0) is 15.8 Å². The number of nitrogens with one attached hydrogen (secondary N) is 1. The lowest BCUT2D eigenvalue weighted by Crippen LogP contribution is -2.45. The molecular formula is C9H15N2O4PS. The van der Waals surface area contributed by atoms with Crippen molar-refractivity contribution in [1.29, 1.82) is 0 Å². The average molecular weight is 278 g/mol. The van der Waals surface area contributed by atoms with Crippen LogP contribution in [0, 0.1) is 0 Å². The van der Waals surface area contributed by atoms with Gasteiger partial charge in [-0.1, -0.05) is 0 Å². The zero-order valence-electron chi connectivity index (χ0n) is 9.24. The van der Waals surface area contributed by atoms with Crippen molar-refractivity contribution in [3.8, 4) is 0 Å². The predicted octanol–water partition coefficient (Wildman–Crippen LogP) is 0.258. The molecule has 0 spiro atoms. The van der Waals surface area contributed by atoms with E-state index in [2.05, 4.69) is 5.32 Å². The van der Waals surface area contributed by atoms with Crippen LogP contribution in [0.3, 0.4) is 0 Å². The zero-order valence-corrected chi connectivity index (χ0v) is 10.9. The average Bonchev–Trinajstić information content (AvgIpc) is 2.68. The van der Waals surface area contributed by atoms with Gasteiger partial charge in [0, 0.05) is 0 Å². The largest absolute Gasteiger partial charge is 0.347 e. The van der Waals surface area contributed by atoms with Gasteiger partial charge in [0.25, 0.3) is 0 Å². The molecule has 1 rings (SSSR count). The quantitative estimate of drug-likeness (QED) is 0.577. The molecule has 1 heterocycles. The van der Waals surface area contributed by atoms with Gasteiger partial charge in [0.1, 0.15) is 5.78 Å². The zero-order chi connectivity index (χ0) is 13.1. The second-order valence-electron chi connectivity index (χ2n) is 3.72. The predicted molar refractivity (Wildman–Crippen MR) is 65.6 cm³/mol. The van der Waals surface area contributed by atoms with Crippen LogP contribution in [0.15, 0.2) is 16.8 Å². The van der Waals surface area contributed by atoms with Gasteiger partial charge < -0.3 is 20.8 Å². The van der Waals surface area contributed by atoms with Crippen molar-refractivity contribution >= 4 is 24.8 Å². The van der Waals surface area contributed by atoms with Crippen molar-refractivity contribution in [2.24, 2.45) is 5.73 Å². The molecule has 0 aromatic carbocycles. The molecule has 6 nitrogen and oxygen atoms in total. The van der Waals surface area contributed by atoms with E-state index in [-0.39, 0.29) is 0 Å². The Kier molecular flexibility index (Phi) is 4.85. The van der Waals surface area contributed by atoms with Crippen LogP contribution in [0.1, 0.15) is 12.5 Å². The lowest BCUT2D eigenvalue weighted by molar-refractivity contribution is -0.122. The van der Waals surface area contributed by atoms with Crippen molar-refractivity contribution in [1.82, 2.24) is 5.32 Å². The van der Waals surface area contributed by atoms with Gasteiger partial charge in [0.15, 0.2) is 0 Å². The SMILES string of the molecule is CC(NC(=O)[C@@H](N)Cc1ccsc1)P(=O)(O)O. The van der Waals surface area contributed by atoms with Crippen molar-refractivity contribution < 1.29 is 19.1 Å². The van der Waals surface area contributed by atoms with Gasteiger partial charge in [-0.2, -0.15) is 11.3 Å². The first kappa shape index (κ1) is 14.3. The van der Waals surface area contributed by atoms with Gasteiger partial charge in [-0.05, 0) is 35.7 Å². The van der Waals surface area contributed by atoms with Crippen LogP contribution >= 0.6 is 18.9 Å². The second kappa shape index (κ2) is 5.75. The summed E-state index contributed by atoms with van der Waals surface area (Å²) in [6.07, 6.45) is 0.350. The highest BCUT2D eigenvalue weighted by Gasteiger charge is 2.27. The molecule has 96 valence electrons. The molecule has 8 heteroatoms. The van der Waals surface area contributed by atoms with Gasteiger partial charge in [0.2, 0.25) is 5.91 Å². The van der Waals surface area contributed by atoms with E-state index in [0.717, 1.165) is 5.56 Å². The number of hydrogen-bond donors (Lipinski definition) is 4. The highest BCUT2D eigenvalue weighted by atomic mass is 32.1. The Balaban J connectivity index is 2.50. The summed E-state index contributed by atoms with van der Waals surface area (Å²) < 4.78 is 10.8. The summed E-state index contributed by atoms with van der Waals surface area (Å²) in [4.78, 5) is 29.2. The van der Waals surface area contributed by atoms with Crippen LogP contribution in [0.4, 0.5) is 0 Å². The van der Waals surface area contributed by atoms with Gasteiger partial charge in [-0.25, -0.2) is 0 Å². The van der Waals surface area contributed by atoms with Crippen LogP contribution in [0.5, 0.6) is 0 Å². The van der Waals surface area contributed by atoms with E-state index in [0.29, 0.717) is 6.42 Å². The van der Waals surface area contributed by atoms with E-state index in [9.17, 15) is 9.36 Å². The molecule has 0 aliphatic carbocycles. The number of thiophene rings is 1. The summed E-state index contributed by atoms with van der Waals surface area (Å²) in [6.45, 7) is 1.25. The van der Waals surface area contributed by atoms with Crippen LogP contribution in [0.25, 0.3) is 0 Å². The van der Waals surface area contributed by atoms with Crippen molar-refractivity contribution in [2.75, 3.05) is 0 Å². The van der Waals surface area contributed by atoms with Crippen LogP contribution in [0.2, 0.25) is 0 Å². The number of amides is 1. The molecule has 1 amide bonds. The molecule has 17 heavy (non-hydrogen) atoms. The lowest BCUT2D eigenvalue weighted by atomic mass is 10.1. The van der Waals surface area contributed by atoms with Gasteiger partial charge in [-0.3, -0.25) is 9.36 Å². The Morgan fingerprint density at radius 3 is 2.76 bits per heavy atom. The molecule has 1 unspecified atom stereocenters. The van der Waals surface area contributed by atoms with E-state index in [1.54, 1.807) is 0 Å². The van der Waals surface area contributed by atoms with Crippen LogP contribution in [-0.4, -0.2) is 27.5 Å². The molecule has 0 aliphatic heterocycles. The summed E-state index contributed by atoms with van der Waals surface area (Å²) in [7, 11) is -4.31. The van der Waals surface area contributed by atoms with Crippen LogP contribution < -0.4 is 11.1 Å². The Labute approximate surface area is 103 Å². The Morgan fingerprint density at radius 2 is 2.29 bits per heavy atom. The van der Waals surface area contributed by atoms with Gasteiger partial charge in [-0.15, -0.1) is 0 Å². The number of rotatable bonds is 5. The van der Waals surface area contributed by atoms with Crippen molar-refractivity contribution in [3.63, 3.8) is 0 Å². The minimum Gasteiger partial charge on any atom is -0.341 e. The summed E-state index contributed by atoms with van der Waals surface area (Å²) in [5.74, 6) is -1.78. The third kappa shape index (κ3) is 4.57. The first-order valence-electron chi connectivity index (χ1n) is 4.93. The fourth-order valence-corrected chi connectivity index (χ4v) is 2.13. The molecule has 5 N–H and O–H groups in total. The second-order valence-corrected chi connectivity index (χ2v) is 6.45. The molecular weight excluding hydrogens is 263 g/mol. The standard InChI is InChI=1S/C9H15N2O4PS/c1-6(16(13,14)15)11-9(12)8(10)4-7-2-3-17-5-7/h2-3,5-6,8H,4,10H2,1H3,(H,11,12)(H2,13,14,15)/t6?,8-/m0/s1. The molecule has 0 fully saturated rings. The molecule has 0 bridgehead atoms. The highest BCUT2D eigenvalue weighted by molar-refractivity contribution is 7.52. The summed E-state index contributed by atoms with van der Waals surface area (Å²) in [5.41, 5.74) is 6.57. The number of nitrogens with two attached hydrogens (primary N) is 1. The summed E-state index contributed by atoms with van der Waals surface area (Å²) >= 11 is 1.50. The van der Waals surface area contributed by atoms with E-state index >= 15 is 0 Å². The van der Waals surface area contributed by atoms with E-state index in [1.165, 1.54) is 18.3 Å². The smallest absolute Gasteiger partial charge is 0.341 e. The normalized spacial score (nSPS) is 15.3. The minimum atomic E-state index is -4.31. The Morgan fingerprint density at radius 1 is 1.65 bits per heavy atom. The molecule has 0 aliphatic rings. The first-order chi connectivity index (χ1) is 7.80. The van der Waals surface area contributed by atoms with Gasteiger partial charge >= 0.3 is 7.60 Å². The molecule has 0 radical (unpaired) electrons. The van der Waals surface area contributed by atoms with E-state index < -0.39 is 25.3 Å². The Bertz CT molecular complexity index is 417. The maximum Gasteiger partial charge on any atom is 0.347 e. The highest BCUT2D eigenvalue weighted by Crippen LogP contribution is 2.39. The maximum absolute atomic E-state index is 11.6. The summed E-state index contributed by atoms with van der Waals surface area (Å²) in [5, 5.41) is 5.96. The summed E-state index contributed by atoms with van der Waals surface area (Å²) in [6, 6.07) is 1.04. The number of carbonyl (C=O) groups excluding carboxylic acids is 1. The molecule has 1 aromatic heterocycles. The van der Waals surface area contributed by atoms with E-state index in [4.69, 9.17) is 15.5 Å². The fourth-order valence-electron chi connectivity index (χ4n) is 1.15. The van der Waals surface area contributed by atoms with E-state index in [1.807, 2.05) is 16.8 Å². The third-order valence-electron chi connectivity index (χ3n) is 2.23. The lowest BCUT2D eigenvalue weighted by Gasteiger charge is -2.18. The molecule has 2 atom stereocenters. The number of carbonyl (C=O) groups is 1. The monoisotopic (exact) mass is 278 g/mol. The molecule has 0 saturated heterocycles. The molecule has 0 saturated carbocycles. The maximum atomic E-state index is 11.6. The third-order valence-corrected chi connectivity index (χ3v) is 4.10. The topological polar surface area (TPSA) is 113 Å². The number of hydrogen-bond acceptors (Lipinski definition) is 4. The Hall–Kier alpha value is -0.720. The van der Waals surface area contributed by atoms with Gasteiger partial charge in [0.05, 0.1) is 6.04 Å².